The van der Waals surface area contributed by atoms with Gasteiger partial charge in [0.2, 0.25) is 0 Å². The Labute approximate surface area is 136 Å². The fraction of sp³-hybridized carbons (Fsp3) is 0.533. The molecule has 0 aliphatic carbocycles. The molecule has 0 radical (unpaired) electrons. The molecule has 0 atom stereocenters. The number of hydrogen-bond donors (Lipinski definition) is 2. The van der Waals surface area contributed by atoms with Crippen molar-refractivity contribution in [2.24, 2.45) is 0 Å². The third kappa shape index (κ3) is 6.05. The van der Waals surface area contributed by atoms with Crippen molar-refractivity contribution in [1.29, 1.82) is 0 Å². The van der Waals surface area contributed by atoms with Crippen LogP contribution in [0.25, 0.3) is 0 Å². The molecular weight excluding hydrogens is 329 g/mol. The molecular formula is C15H19F3N2O4. The van der Waals surface area contributed by atoms with E-state index in [0.29, 0.717) is 25.7 Å². The number of aryl methyl sites for hydroxylation is 1. The Hall–Kier alpha value is -2.32. The standard InChI is InChI=1S/C15H19F3N2O4/c1-10-8-13(20(23)24)12(9-11(10)15(16,17)18)19-7-5-3-2-4-6-14(21)22/h8-9,19H,2-7H2,1H3,(H,21,22). The number of unbranched alkanes of at least 4 members (excludes halogenated alkanes) is 3. The van der Waals surface area contributed by atoms with Gasteiger partial charge in [-0.2, -0.15) is 13.2 Å². The number of alkyl halides is 3. The second kappa shape index (κ2) is 8.51. The number of hydrogen-bond acceptors (Lipinski definition) is 4. The average molecular weight is 348 g/mol. The van der Waals surface area contributed by atoms with Gasteiger partial charge in [-0.05, 0) is 31.4 Å². The van der Waals surface area contributed by atoms with E-state index in [1.165, 1.54) is 6.92 Å². The summed E-state index contributed by atoms with van der Waals surface area (Å²) in [6.45, 7) is 1.45. The topological polar surface area (TPSA) is 92.5 Å². The number of carboxylic acids is 1. The smallest absolute Gasteiger partial charge is 0.416 e. The van der Waals surface area contributed by atoms with E-state index in [1.807, 2.05) is 0 Å². The zero-order valence-electron chi connectivity index (χ0n) is 13.2. The van der Waals surface area contributed by atoms with Crippen LogP contribution in [0.3, 0.4) is 0 Å². The Bertz CT molecular complexity index is 603. The molecule has 0 heterocycles. The highest BCUT2D eigenvalue weighted by molar-refractivity contribution is 5.66. The summed E-state index contributed by atoms with van der Waals surface area (Å²) >= 11 is 0. The van der Waals surface area contributed by atoms with Crippen LogP contribution >= 0.6 is 0 Å². The van der Waals surface area contributed by atoms with Gasteiger partial charge in [0.15, 0.2) is 0 Å². The van der Waals surface area contributed by atoms with E-state index >= 15 is 0 Å². The van der Waals surface area contributed by atoms with Gasteiger partial charge in [-0.3, -0.25) is 14.9 Å². The zero-order chi connectivity index (χ0) is 18.3. The number of aliphatic carboxylic acids is 1. The molecule has 24 heavy (non-hydrogen) atoms. The molecule has 0 bridgehead atoms. The maximum atomic E-state index is 12.9. The van der Waals surface area contributed by atoms with Crippen LogP contribution < -0.4 is 5.32 Å². The Balaban J connectivity index is 2.68. The van der Waals surface area contributed by atoms with Crippen LogP contribution in [-0.4, -0.2) is 22.5 Å². The lowest BCUT2D eigenvalue weighted by molar-refractivity contribution is -0.384. The first kappa shape index (κ1) is 19.7. The molecule has 1 aromatic rings. The van der Waals surface area contributed by atoms with Crippen LogP contribution in [-0.2, 0) is 11.0 Å². The summed E-state index contributed by atoms with van der Waals surface area (Å²) < 4.78 is 38.7. The second-order valence-corrected chi connectivity index (χ2v) is 5.42. The van der Waals surface area contributed by atoms with Crippen molar-refractivity contribution in [1.82, 2.24) is 0 Å². The van der Waals surface area contributed by atoms with Gasteiger partial charge < -0.3 is 10.4 Å². The predicted molar refractivity (Wildman–Crippen MR) is 82.0 cm³/mol. The number of rotatable bonds is 9. The van der Waals surface area contributed by atoms with Crippen molar-refractivity contribution in [3.05, 3.63) is 33.4 Å². The lowest BCUT2D eigenvalue weighted by Crippen LogP contribution is -2.11. The third-order valence-corrected chi connectivity index (χ3v) is 3.48. The van der Waals surface area contributed by atoms with Crippen molar-refractivity contribution in [3.63, 3.8) is 0 Å². The van der Waals surface area contributed by atoms with Gasteiger partial charge in [0.1, 0.15) is 5.69 Å². The van der Waals surface area contributed by atoms with E-state index < -0.39 is 28.3 Å². The molecule has 0 spiro atoms. The molecule has 6 nitrogen and oxygen atoms in total. The lowest BCUT2D eigenvalue weighted by Gasteiger charge is -2.14. The van der Waals surface area contributed by atoms with E-state index in [-0.39, 0.29) is 24.2 Å². The SMILES string of the molecule is Cc1cc([N+](=O)[O-])c(NCCCCCCC(=O)O)cc1C(F)(F)F. The molecule has 0 aromatic heterocycles. The first-order chi connectivity index (χ1) is 11.1. The quantitative estimate of drug-likeness (QED) is 0.393. The maximum absolute atomic E-state index is 12.9. The molecule has 1 aromatic carbocycles. The van der Waals surface area contributed by atoms with E-state index in [0.717, 1.165) is 12.1 Å². The summed E-state index contributed by atoms with van der Waals surface area (Å²) in [5.41, 5.74) is -1.67. The maximum Gasteiger partial charge on any atom is 0.416 e. The van der Waals surface area contributed by atoms with Crippen LogP contribution in [0.4, 0.5) is 24.5 Å². The Kier molecular flexibility index (Phi) is 6.99. The summed E-state index contributed by atoms with van der Waals surface area (Å²) in [4.78, 5) is 20.6. The van der Waals surface area contributed by atoms with Gasteiger partial charge in [0.25, 0.3) is 5.69 Å². The second-order valence-electron chi connectivity index (χ2n) is 5.42. The van der Waals surface area contributed by atoms with Crippen LogP contribution in [0, 0.1) is 17.0 Å². The minimum Gasteiger partial charge on any atom is -0.481 e. The number of nitrogens with zero attached hydrogens (tertiary/aromatic N) is 1. The number of halogens is 3. The Morgan fingerprint density at radius 2 is 1.88 bits per heavy atom. The largest absolute Gasteiger partial charge is 0.481 e. The molecule has 0 saturated carbocycles. The molecule has 134 valence electrons. The minimum absolute atomic E-state index is 0.0752. The van der Waals surface area contributed by atoms with Gasteiger partial charge in [-0.1, -0.05) is 12.8 Å². The van der Waals surface area contributed by atoms with Crippen molar-refractivity contribution in [3.8, 4) is 0 Å². The number of nitro groups is 1. The molecule has 0 amide bonds. The summed E-state index contributed by atoms with van der Waals surface area (Å²) in [7, 11) is 0. The van der Waals surface area contributed by atoms with E-state index in [1.54, 1.807) is 0 Å². The minimum atomic E-state index is -4.58. The molecule has 0 unspecified atom stereocenters. The van der Waals surface area contributed by atoms with E-state index in [2.05, 4.69) is 5.32 Å². The summed E-state index contributed by atoms with van der Waals surface area (Å²) in [5, 5.41) is 22.2. The summed E-state index contributed by atoms with van der Waals surface area (Å²) in [6, 6.07) is 1.68. The number of benzene rings is 1. The van der Waals surface area contributed by atoms with Gasteiger partial charge in [0.05, 0.1) is 10.5 Å². The van der Waals surface area contributed by atoms with Gasteiger partial charge >= 0.3 is 12.1 Å². The number of nitro benzene ring substituents is 1. The molecule has 0 saturated heterocycles. The van der Waals surface area contributed by atoms with Crippen molar-refractivity contribution in [2.45, 2.75) is 45.2 Å². The highest BCUT2D eigenvalue weighted by atomic mass is 19.4. The third-order valence-electron chi connectivity index (χ3n) is 3.48. The highest BCUT2D eigenvalue weighted by Gasteiger charge is 2.34. The first-order valence-corrected chi connectivity index (χ1v) is 7.45. The molecule has 0 aliphatic heterocycles. The molecule has 2 N–H and O–H groups in total. The van der Waals surface area contributed by atoms with Crippen molar-refractivity contribution in [2.75, 3.05) is 11.9 Å². The Morgan fingerprint density at radius 1 is 1.25 bits per heavy atom. The van der Waals surface area contributed by atoms with Crippen molar-refractivity contribution < 1.29 is 28.0 Å². The molecule has 9 heteroatoms. The fourth-order valence-corrected chi connectivity index (χ4v) is 2.27. The first-order valence-electron chi connectivity index (χ1n) is 7.45. The number of nitrogens with one attached hydrogen (secondary N) is 1. The van der Waals surface area contributed by atoms with Crippen LogP contribution in [0.15, 0.2) is 12.1 Å². The van der Waals surface area contributed by atoms with Crippen LogP contribution in [0.5, 0.6) is 0 Å². The fourth-order valence-electron chi connectivity index (χ4n) is 2.27. The number of carboxylic acid groups (broad SMARTS) is 1. The van der Waals surface area contributed by atoms with Crippen LogP contribution in [0.1, 0.15) is 43.2 Å². The highest BCUT2D eigenvalue weighted by Crippen LogP contribution is 2.37. The lowest BCUT2D eigenvalue weighted by atomic mass is 10.1. The molecule has 0 fully saturated rings. The molecule has 1 rings (SSSR count). The zero-order valence-corrected chi connectivity index (χ0v) is 13.2. The number of carbonyl (C=O) groups is 1. The van der Waals surface area contributed by atoms with Crippen molar-refractivity contribution >= 4 is 17.3 Å². The normalized spacial score (nSPS) is 11.3. The Morgan fingerprint density at radius 3 is 2.42 bits per heavy atom. The molecule has 0 aliphatic rings. The van der Waals surface area contributed by atoms with Crippen LogP contribution in [0.2, 0.25) is 0 Å². The van der Waals surface area contributed by atoms with Gasteiger partial charge in [-0.15, -0.1) is 0 Å². The monoisotopic (exact) mass is 348 g/mol. The average Bonchev–Trinajstić information content (AvgIpc) is 2.45. The van der Waals surface area contributed by atoms with Gasteiger partial charge in [-0.25, -0.2) is 0 Å². The number of anilines is 1. The summed E-state index contributed by atoms with van der Waals surface area (Å²) in [5.74, 6) is -0.872. The van der Waals surface area contributed by atoms with Gasteiger partial charge in [0, 0.05) is 19.0 Å². The summed E-state index contributed by atoms with van der Waals surface area (Å²) in [6.07, 6.45) is -2.04. The van der Waals surface area contributed by atoms with E-state index in [4.69, 9.17) is 5.11 Å². The predicted octanol–water partition coefficient (Wildman–Crippen LogP) is 4.37. The van der Waals surface area contributed by atoms with E-state index in [9.17, 15) is 28.1 Å².